The van der Waals surface area contributed by atoms with Crippen LogP contribution in [0.15, 0.2) is 30.1 Å². The highest BCUT2D eigenvalue weighted by Crippen LogP contribution is 2.20. The molecule has 16 heavy (non-hydrogen) atoms. The fourth-order valence-corrected chi connectivity index (χ4v) is 1.01. The maximum atomic E-state index is 13.4. The zero-order valence-electron chi connectivity index (χ0n) is 8.41. The molecule has 0 heterocycles. The third-order valence-corrected chi connectivity index (χ3v) is 1.91. The van der Waals surface area contributed by atoms with Crippen LogP contribution in [0, 0.1) is 17.1 Å². The molecule has 0 spiro atoms. The van der Waals surface area contributed by atoms with Gasteiger partial charge in [0.15, 0.2) is 11.6 Å². The van der Waals surface area contributed by atoms with Crippen LogP contribution in [0.5, 0.6) is 5.75 Å². The monoisotopic (exact) mass is 224 g/mol. The van der Waals surface area contributed by atoms with Crippen molar-refractivity contribution >= 4 is 0 Å². The number of nitrogens with two attached hydrogens (primary N) is 1. The van der Waals surface area contributed by atoms with E-state index >= 15 is 0 Å². The van der Waals surface area contributed by atoms with Crippen LogP contribution in [0.25, 0.3) is 0 Å². The second kappa shape index (κ2) is 5.83. The number of ether oxygens (including phenoxy) is 1. The van der Waals surface area contributed by atoms with Gasteiger partial charge in [0.1, 0.15) is 12.7 Å². The summed E-state index contributed by atoms with van der Waals surface area (Å²) in [7, 11) is 0. The molecule has 0 radical (unpaired) electrons. The molecule has 0 saturated heterocycles. The maximum absolute atomic E-state index is 13.4. The quantitative estimate of drug-likeness (QED) is 0.849. The van der Waals surface area contributed by atoms with Gasteiger partial charge in [-0.25, -0.2) is 8.78 Å². The van der Waals surface area contributed by atoms with Gasteiger partial charge in [0.05, 0.1) is 11.9 Å². The molecule has 1 rings (SSSR count). The highest BCUT2D eigenvalue weighted by atomic mass is 19.1. The number of hydrogen-bond donors (Lipinski definition) is 1. The van der Waals surface area contributed by atoms with E-state index in [1.807, 2.05) is 0 Å². The number of benzene rings is 1. The van der Waals surface area contributed by atoms with Crippen LogP contribution in [-0.2, 0) is 0 Å². The fourth-order valence-electron chi connectivity index (χ4n) is 1.01. The van der Waals surface area contributed by atoms with Gasteiger partial charge in [0, 0.05) is 12.1 Å². The first kappa shape index (κ1) is 12.1. The molecule has 3 nitrogen and oxygen atoms in total. The molecule has 0 atom stereocenters. The lowest BCUT2D eigenvalue weighted by molar-refractivity contribution is 0.328. The first-order valence-corrected chi connectivity index (χ1v) is 4.52. The predicted molar refractivity (Wildman–Crippen MR) is 54.9 cm³/mol. The summed E-state index contributed by atoms with van der Waals surface area (Å²) in [6.45, 7) is -0.144. The molecule has 0 unspecified atom stereocenters. The van der Waals surface area contributed by atoms with E-state index in [0.717, 1.165) is 0 Å². The van der Waals surface area contributed by atoms with Crippen molar-refractivity contribution in [3.63, 3.8) is 0 Å². The van der Waals surface area contributed by atoms with Gasteiger partial charge in [-0.05, 0) is 12.1 Å². The molecule has 1 aromatic rings. The minimum absolute atomic E-state index is 0.00391. The van der Waals surface area contributed by atoms with Crippen molar-refractivity contribution in [1.82, 2.24) is 0 Å². The molecule has 2 N–H and O–H groups in total. The average molecular weight is 224 g/mol. The van der Waals surface area contributed by atoms with Crippen LogP contribution in [0.4, 0.5) is 8.78 Å². The highest BCUT2D eigenvalue weighted by molar-refractivity contribution is 5.38. The lowest BCUT2D eigenvalue weighted by Crippen LogP contribution is -2.11. The van der Waals surface area contributed by atoms with Gasteiger partial charge in [-0.1, -0.05) is 6.07 Å². The Balaban J connectivity index is 2.79. The van der Waals surface area contributed by atoms with Gasteiger partial charge >= 0.3 is 0 Å². The summed E-state index contributed by atoms with van der Waals surface area (Å²) < 4.78 is 30.6. The van der Waals surface area contributed by atoms with Crippen LogP contribution in [0.2, 0.25) is 0 Å². The van der Waals surface area contributed by atoms with E-state index < -0.39 is 5.82 Å². The summed E-state index contributed by atoms with van der Waals surface area (Å²) in [5.74, 6) is -0.841. The molecule has 0 amide bonds. The van der Waals surface area contributed by atoms with Crippen molar-refractivity contribution in [3.8, 4) is 11.8 Å². The van der Waals surface area contributed by atoms with Crippen molar-refractivity contribution in [2.45, 2.75) is 0 Å². The average Bonchev–Trinajstić information content (AvgIpc) is 2.32. The van der Waals surface area contributed by atoms with E-state index in [2.05, 4.69) is 0 Å². The van der Waals surface area contributed by atoms with Crippen molar-refractivity contribution in [1.29, 1.82) is 5.26 Å². The van der Waals surface area contributed by atoms with Crippen LogP contribution in [0.1, 0.15) is 5.56 Å². The first-order chi connectivity index (χ1) is 7.72. The van der Waals surface area contributed by atoms with Crippen LogP contribution >= 0.6 is 0 Å². The normalized spacial score (nSPS) is 11.0. The molecular weight excluding hydrogens is 214 g/mol. The second-order valence-electron chi connectivity index (χ2n) is 2.99. The Hall–Kier alpha value is -1.93. The summed E-state index contributed by atoms with van der Waals surface area (Å²) in [5, 5.41) is 8.58. The Labute approximate surface area is 91.7 Å². The van der Waals surface area contributed by atoms with Gasteiger partial charge in [0.2, 0.25) is 0 Å². The van der Waals surface area contributed by atoms with Crippen LogP contribution < -0.4 is 10.5 Å². The van der Waals surface area contributed by atoms with Crippen molar-refractivity contribution in [3.05, 3.63) is 41.5 Å². The molecule has 0 aromatic heterocycles. The molecule has 84 valence electrons. The number of halogens is 2. The smallest absolute Gasteiger partial charge is 0.182 e. The predicted octanol–water partition coefficient (Wildman–Crippen LogP) is 1.89. The van der Waals surface area contributed by atoms with Crippen molar-refractivity contribution in [2.24, 2.45) is 5.73 Å². The fraction of sp³-hybridized carbons (Fsp3) is 0.182. The van der Waals surface area contributed by atoms with Crippen LogP contribution in [-0.4, -0.2) is 13.2 Å². The van der Waals surface area contributed by atoms with E-state index in [0.29, 0.717) is 6.33 Å². The van der Waals surface area contributed by atoms with Crippen molar-refractivity contribution < 1.29 is 13.5 Å². The number of nitrogens with zero attached hydrogens (tertiary/aromatic N) is 1. The van der Waals surface area contributed by atoms with E-state index in [-0.39, 0.29) is 30.0 Å². The number of nitriles is 1. The lowest BCUT2D eigenvalue weighted by atomic mass is 10.2. The third-order valence-electron chi connectivity index (χ3n) is 1.91. The molecule has 0 bridgehead atoms. The van der Waals surface area contributed by atoms with Crippen molar-refractivity contribution in [2.75, 3.05) is 13.2 Å². The highest BCUT2D eigenvalue weighted by Gasteiger charge is 2.08. The summed E-state index contributed by atoms with van der Waals surface area (Å²) in [4.78, 5) is 0. The van der Waals surface area contributed by atoms with Crippen LogP contribution in [0.3, 0.4) is 0 Å². The van der Waals surface area contributed by atoms with E-state index in [1.54, 1.807) is 6.07 Å². The summed E-state index contributed by atoms with van der Waals surface area (Å²) >= 11 is 0. The Bertz CT molecular complexity index is 438. The molecule has 0 fully saturated rings. The van der Waals surface area contributed by atoms with Gasteiger partial charge in [-0.2, -0.15) is 5.26 Å². The molecule has 5 heteroatoms. The molecular formula is C11H10F2N2O. The van der Waals surface area contributed by atoms with Gasteiger partial charge in [0.25, 0.3) is 0 Å². The number of hydrogen-bond acceptors (Lipinski definition) is 3. The maximum Gasteiger partial charge on any atom is 0.182 e. The SMILES string of the molecule is N#Cc1cccc(OCC(=CF)CN)c1F. The molecule has 0 aliphatic carbocycles. The van der Waals surface area contributed by atoms with E-state index in [1.165, 1.54) is 18.2 Å². The molecule has 0 aliphatic heterocycles. The zero-order chi connectivity index (χ0) is 12.0. The van der Waals surface area contributed by atoms with E-state index in [9.17, 15) is 8.78 Å². The Morgan fingerprint density at radius 2 is 2.31 bits per heavy atom. The standard InChI is InChI=1S/C11H10F2N2O/c12-4-8(5-14)7-16-10-3-1-2-9(6-15)11(10)13/h1-4H,5,7,14H2. The summed E-state index contributed by atoms with van der Waals surface area (Å²) in [6, 6.07) is 5.86. The topological polar surface area (TPSA) is 59.0 Å². The second-order valence-corrected chi connectivity index (χ2v) is 2.99. The van der Waals surface area contributed by atoms with E-state index in [4.69, 9.17) is 15.7 Å². The van der Waals surface area contributed by atoms with Gasteiger partial charge < -0.3 is 10.5 Å². The summed E-state index contributed by atoms with van der Waals surface area (Å²) in [5.41, 5.74) is 5.30. The Kier molecular flexibility index (Phi) is 4.42. The Morgan fingerprint density at radius 1 is 1.56 bits per heavy atom. The number of rotatable bonds is 4. The molecule has 0 saturated carbocycles. The summed E-state index contributed by atoms with van der Waals surface area (Å²) in [6.07, 6.45) is 0.325. The minimum Gasteiger partial charge on any atom is -0.486 e. The molecule has 0 aliphatic rings. The minimum atomic E-state index is -0.750. The van der Waals surface area contributed by atoms with Gasteiger partial charge in [-0.15, -0.1) is 0 Å². The Morgan fingerprint density at radius 3 is 2.88 bits per heavy atom. The lowest BCUT2D eigenvalue weighted by Gasteiger charge is -2.08. The first-order valence-electron chi connectivity index (χ1n) is 4.52. The largest absolute Gasteiger partial charge is 0.486 e. The van der Waals surface area contributed by atoms with Gasteiger partial charge in [-0.3, -0.25) is 0 Å². The third kappa shape index (κ3) is 2.78. The molecule has 1 aromatic carbocycles. The zero-order valence-corrected chi connectivity index (χ0v) is 8.41.